The number of para-hydroxylation sites is 1. The Morgan fingerprint density at radius 2 is 0.702 bits per heavy atom. The van der Waals surface area contributed by atoms with E-state index in [0.29, 0.717) is 0 Å². The van der Waals surface area contributed by atoms with E-state index in [1.807, 2.05) is 0 Å². The Kier molecular flexibility index (Phi) is 8.95. The molecule has 268 valence electrons. The summed E-state index contributed by atoms with van der Waals surface area (Å²) in [6.07, 6.45) is 0. The molecule has 0 saturated carbocycles. The normalized spacial score (nSPS) is 11.2. The maximum Gasteiger partial charge on any atom is 0.0546 e. The lowest BCUT2D eigenvalue weighted by Crippen LogP contribution is -2.13. The second-order valence-electron chi connectivity index (χ2n) is 14.5. The van der Waals surface area contributed by atoms with E-state index in [4.69, 9.17) is 0 Å². The van der Waals surface area contributed by atoms with Crippen molar-refractivity contribution < 1.29 is 0 Å². The minimum atomic E-state index is 1.08. The van der Waals surface area contributed by atoms with Gasteiger partial charge in [-0.3, -0.25) is 0 Å². The van der Waals surface area contributed by atoms with Crippen LogP contribution in [0.25, 0.3) is 77.2 Å². The van der Waals surface area contributed by atoms with Gasteiger partial charge in [-0.05, 0) is 102 Å². The average Bonchev–Trinajstić information content (AvgIpc) is 3.30. The first-order valence-corrected chi connectivity index (χ1v) is 19.6. The van der Waals surface area contributed by atoms with Crippen LogP contribution >= 0.6 is 0 Å². The molecule has 10 rings (SSSR count). The zero-order valence-electron chi connectivity index (χ0n) is 31.5. The van der Waals surface area contributed by atoms with E-state index in [-0.39, 0.29) is 0 Å². The van der Waals surface area contributed by atoms with Crippen molar-refractivity contribution in [3.8, 4) is 55.6 Å². The van der Waals surface area contributed by atoms with Gasteiger partial charge in [0.1, 0.15) is 0 Å². The molecule has 0 fully saturated rings. The quantitative estimate of drug-likeness (QED) is 0.141. The van der Waals surface area contributed by atoms with Crippen LogP contribution in [0.3, 0.4) is 0 Å². The standard InChI is InChI=1S/C56H39N/c1-5-17-40(18-6-1)41-31-34-48(35-32-41)57(55-28-16-15-27-51(55)42-19-7-2-8-20-42)56-39-53(43-21-9-3-10-22-43)52(38-54(56)44-23-11-4-12-24-44)47-33-36-50-46(37-47)30-29-45-25-13-14-26-49(45)50/h1-39H. The smallest absolute Gasteiger partial charge is 0.0546 e. The van der Waals surface area contributed by atoms with Gasteiger partial charge in [0.05, 0.1) is 11.4 Å². The zero-order valence-corrected chi connectivity index (χ0v) is 31.5. The average molecular weight is 726 g/mol. The molecule has 0 aliphatic rings. The van der Waals surface area contributed by atoms with Gasteiger partial charge >= 0.3 is 0 Å². The molecule has 0 N–H and O–H groups in total. The summed E-state index contributed by atoms with van der Waals surface area (Å²) in [6, 6.07) is 85.8. The summed E-state index contributed by atoms with van der Waals surface area (Å²) in [4.78, 5) is 2.46. The van der Waals surface area contributed by atoms with Gasteiger partial charge in [0, 0.05) is 16.8 Å². The Labute approximate surface area is 334 Å². The molecule has 1 heteroatoms. The van der Waals surface area contributed by atoms with E-state index in [1.54, 1.807) is 0 Å². The molecule has 0 aliphatic carbocycles. The molecule has 10 aromatic carbocycles. The molecule has 0 unspecified atom stereocenters. The van der Waals surface area contributed by atoms with E-state index in [9.17, 15) is 0 Å². The summed E-state index contributed by atoms with van der Waals surface area (Å²) in [7, 11) is 0. The molecule has 0 aliphatic heterocycles. The van der Waals surface area contributed by atoms with Crippen LogP contribution in [-0.2, 0) is 0 Å². The predicted molar refractivity (Wildman–Crippen MR) is 243 cm³/mol. The lowest BCUT2D eigenvalue weighted by molar-refractivity contribution is 1.28. The highest BCUT2D eigenvalue weighted by atomic mass is 15.1. The van der Waals surface area contributed by atoms with Crippen molar-refractivity contribution >= 4 is 38.6 Å². The fourth-order valence-electron chi connectivity index (χ4n) is 8.27. The molecule has 10 aromatic rings. The Balaban J connectivity index is 1.26. The van der Waals surface area contributed by atoms with Crippen LogP contribution in [0.4, 0.5) is 17.1 Å². The van der Waals surface area contributed by atoms with Crippen molar-refractivity contribution in [3.63, 3.8) is 0 Å². The van der Waals surface area contributed by atoms with Gasteiger partial charge < -0.3 is 4.90 Å². The topological polar surface area (TPSA) is 3.24 Å². The van der Waals surface area contributed by atoms with Crippen molar-refractivity contribution in [1.82, 2.24) is 0 Å². The fraction of sp³-hybridized carbons (Fsp3) is 0. The number of rotatable bonds is 8. The molecule has 57 heavy (non-hydrogen) atoms. The van der Waals surface area contributed by atoms with Gasteiger partial charge in [0.25, 0.3) is 0 Å². The van der Waals surface area contributed by atoms with E-state index >= 15 is 0 Å². The molecule has 0 radical (unpaired) electrons. The van der Waals surface area contributed by atoms with Gasteiger partial charge in [-0.1, -0.05) is 200 Å². The summed E-state index contributed by atoms with van der Waals surface area (Å²) in [5, 5.41) is 5.02. The largest absolute Gasteiger partial charge is 0.309 e. The first kappa shape index (κ1) is 34.0. The van der Waals surface area contributed by atoms with Crippen LogP contribution in [0.2, 0.25) is 0 Å². The Bertz CT molecular complexity index is 2970. The van der Waals surface area contributed by atoms with Crippen LogP contribution in [0.15, 0.2) is 237 Å². The predicted octanol–water partition coefficient (Wildman–Crippen LogP) is 15.8. The van der Waals surface area contributed by atoms with E-state index in [2.05, 4.69) is 241 Å². The van der Waals surface area contributed by atoms with Crippen LogP contribution in [0.1, 0.15) is 0 Å². The minimum Gasteiger partial charge on any atom is -0.309 e. The Morgan fingerprint density at radius 1 is 0.228 bits per heavy atom. The van der Waals surface area contributed by atoms with Gasteiger partial charge in [0.2, 0.25) is 0 Å². The maximum atomic E-state index is 2.46. The maximum absolute atomic E-state index is 2.46. The molecule has 0 heterocycles. The third kappa shape index (κ3) is 6.56. The SMILES string of the molecule is c1ccc(-c2ccc(N(c3ccccc3-c3ccccc3)c3cc(-c4ccccc4)c(-c4ccc5c(ccc6ccccc65)c4)cc3-c3ccccc3)cc2)cc1. The van der Waals surface area contributed by atoms with Crippen molar-refractivity contribution in [3.05, 3.63) is 237 Å². The molecular formula is C56H39N. The molecule has 0 bridgehead atoms. The highest BCUT2D eigenvalue weighted by Crippen LogP contribution is 2.49. The second kappa shape index (κ2) is 15.0. The Morgan fingerprint density at radius 3 is 1.39 bits per heavy atom. The zero-order chi connectivity index (χ0) is 38.0. The molecular weight excluding hydrogens is 687 g/mol. The van der Waals surface area contributed by atoms with Crippen molar-refractivity contribution in [1.29, 1.82) is 0 Å². The third-order valence-corrected chi connectivity index (χ3v) is 11.1. The number of hydrogen-bond acceptors (Lipinski definition) is 1. The number of fused-ring (bicyclic) bond motifs is 3. The van der Waals surface area contributed by atoms with Gasteiger partial charge in [0.15, 0.2) is 0 Å². The number of hydrogen-bond donors (Lipinski definition) is 0. The van der Waals surface area contributed by atoms with Crippen LogP contribution < -0.4 is 4.90 Å². The van der Waals surface area contributed by atoms with Crippen molar-refractivity contribution in [2.75, 3.05) is 4.90 Å². The van der Waals surface area contributed by atoms with Gasteiger partial charge in [-0.25, -0.2) is 0 Å². The van der Waals surface area contributed by atoms with Crippen molar-refractivity contribution in [2.45, 2.75) is 0 Å². The third-order valence-electron chi connectivity index (χ3n) is 11.1. The summed E-state index contributed by atoms with van der Waals surface area (Å²) >= 11 is 0. The lowest BCUT2D eigenvalue weighted by Gasteiger charge is -2.31. The second-order valence-corrected chi connectivity index (χ2v) is 14.5. The van der Waals surface area contributed by atoms with E-state index < -0.39 is 0 Å². The minimum absolute atomic E-state index is 1.08. The Hall–Kier alpha value is -7.48. The number of nitrogens with zero attached hydrogens (tertiary/aromatic N) is 1. The van der Waals surface area contributed by atoms with E-state index in [1.165, 1.54) is 60.5 Å². The summed E-state index contributed by atoms with van der Waals surface area (Å²) in [5.74, 6) is 0. The van der Waals surface area contributed by atoms with Gasteiger partial charge in [-0.2, -0.15) is 0 Å². The molecule has 0 atom stereocenters. The molecule has 0 spiro atoms. The van der Waals surface area contributed by atoms with Gasteiger partial charge in [-0.15, -0.1) is 0 Å². The molecule has 1 nitrogen and oxygen atoms in total. The molecule has 0 amide bonds. The first-order chi connectivity index (χ1) is 28.3. The van der Waals surface area contributed by atoms with Crippen LogP contribution in [0.5, 0.6) is 0 Å². The summed E-state index contributed by atoms with van der Waals surface area (Å²) in [6.45, 7) is 0. The first-order valence-electron chi connectivity index (χ1n) is 19.6. The van der Waals surface area contributed by atoms with Crippen LogP contribution in [0, 0.1) is 0 Å². The van der Waals surface area contributed by atoms with Crippen molar-refractivity contribution in [2.24, 2.45) is 0 Å². The highest BCUT2D eigenvalue weighted by Gasteiger charge is 2.24. The lowest BCUT2D eigenvalue weighted by atomic mass is 9.88. The highest BCUT2D eigenvalue weighted by molar-refractivity contribution is 6.09. The fourth-order valence-corrected chi connectivity index (χ4v) is 8.27. The summed E-state index contributed by atoms with van der Waals surface area (Å²) < 4.78 is 0. The van der Waals surface area contributed by atoms with E-state index in [0.717, 1.165) is 33.8 Å². The monoisotopic (exact) mass is 725 g/mol. The molecule has 0 saturated heterocycles. The van der Waals surface area contributed by atoms with Crippen LogP contribution in [-0.4, -0.2) is 0 Å². The number of benzene rings is 10. The summed E-state index contributed by atoms with van der Waals surface area (Å²) in [5.41, 5.74) is 15.0. The number of anilines is 3. The molecule has 0 aromatic heterocycles.